The van der Waals surface area contributed by atoms with E-state index in [9.17, 15) is 14.9 Å². The maximum Gasteiger partial charge on any atom is 0.354 e. The number of halogens is 1. The van der Waals surface area contributed by atoms with Gasteiger partial charge in [0.05, 0.1) is 4.92 Å². The zero-order valence-electron chi connectivity index (χ0n) is 12.3. The highest BCUT2D eigenvalue weighted by Crippen LogP contribution is 2.28. The SMILES string of the molecule is C=CCNc1ncnc(NNC(=O)c2cccc(Cl)c2)c1[N+](=O)[O-]. The number of amides is 1. The van der Waals surface area contributed by atoms with Crippen molar-refractivity contribution in [2.75, 3.05) is 17.3 Å². The fraction of sp³-hybridized carbons (Fsp3) is 0.0714. The Morgan fingerprint density at radius 3 is 2.79 bits per heavy atom. The quantitative estimate of drug-likeness (QED) is 0.399. The Hall–Kier alpha value is -3.20. The molecule has 0 saturated heterocycles. The second kappa shape index (κ2) is 7.88. The highest BCUT2D eigenvalue weighted by molar-refractivity contribution is 6.30. The number of nitro groups is 1. The zero-order chi connectivity index (χ0) is 17.5. The molecule has 0 aliphatic heterocycles. The van der Waals surface area contributed by atoms with Crippen molar-refractivity contribution < 1.29 is 9.72 Å². The molecule has 1 aromatic heterocycles. The van der Waals surface area contributed by atoms with Crippen LogP contribution in [-0.4, -0.2) is 27.3 Å². The monoisotopic (exact) mass is 348 g/mol. The van der Waals surface area contributed by atoms with Gasteiger partial charge in [0.25, 0.3) is 5.91 Å². The summed E-state index contributed by atoms with van der Waals surface area (Å²) < 4.78 is 0. The van der Waals surface area contributed by atoms with E-state index in [-0.39, 0.29) is 23.7 Å². The van der Waals surface area contributed by atoms with E-state index in [1.54, 1.807) is 18.2 Å². The van der Waals surface area contributed by atoms with Crippen LogP contribution < -0.4 is 16.2 Å². The van der Waals surface area contributed by atoms with Gasteiger partial charge in [-0.25, -0.2) is 9.97 Å². The fourth-order valence-corrected chi connectivity index (χ4v) is 1.95. The molecule has 3 N–H and O–H groups in total. The van der Waals surface area contributed by atoms with Gasteiger partial charge in [-0.2, -0.15) is 0 Å². The Labute approximate surface area is 141 Å². The molecule has 1 amide bonds. The lowest BCUT2D eigenvalue weighted by Gasteiger charge is -2.10. The predicted molar refractivity (Wildman–Crippen MR) is 89.9 cm³/mol. The number of hydrogen-bond donors (Lipinski definition) is 3. The number of carbonyl (C=O) groups is 1. The molecule has 124 valence electrons. The van der Waals surface area contributed by atoms with Gasteiger partial charge in [-0.05, 0) is 18.2 Å². The first kappa shape index (κ1) is 17.2. The molecule has 0 spiro atoms. The second-order valence-corrected chi connectivity index (χ2v) is 4.87. The number of rotatable bonds is 7. The van der Waals surface area contributed by atoms with Gasteiger partial charge in [0.15, 0.2) is 0 Å². The number of benzene rings is 1. The molecule has 0 bridgehead atoms. The first-order valence-electron chi connectivity index (χ1n) is 6.69. The summed E-state index contributed by atoms with van der Waals surface area (Å²) in [7, 11) is 0. The highest BCUT2D eigenvalue weighted by Gasteiger charge is 2.23. The first-order chi connectivity index (χ1) is 11.5. The molecule has 9 nitrogen and oxygen atoms in total. The summed E-state index contributed by atoms with van der Waals surface area (Å²) in [4.78, 5) is 30.2. The minimum Gasteiger partial charge on any atom is -0.361 e. The summed E-state index contributed by atoms with van der Waals surface area (Å²) in [6.07, 6.45) is 2.66. The van der Waals surface area contributed by atoms with Crippen molar-refractivity contribution in [3.8, 4) is 0 Å². The standard InChI is InChI=1S/C14H13ClN6O3/c1-2-6-16-12-11(21(23)24)13(18-8-17-12)19-20-14(22)9-4-3-5-10(15)7-9/h2-5,7-8H,1,6H2,(H,20,22)(H2,16,17,18,19). The number of carbonyl (C=O) groups excluding carboxylic acids is 1. The lowest BCUT2D eigenvalue weighted by atomic mass is 10.2. The van der Waals surface area contributed by atoms with E-state index < -0.39 is 16.5 Å². The van der Waals surface area contributed by atoms with Crippen molar-refractivity contribution in [1.29, 1.82) is 0 Å². The molecule has 0 atom stereocenters. The van der Waals surface area contributed by atoms with Crippen LogP contribution >= 0.6 is 11.6 Å². The van der Waals surface area contributed by atoms with E-state index >= 15 is 0 Å². The molecule has 0 saturated carbocycles. The zero-order valence-corrected chi connectivity index (χ0v) is 13.1. The Balaban J connectivity index is 2.18. The van der Waals surface area contributed by atoms with E-state index in [4.69, 9.17) is 11.6 Å². The normalized spacial score (nSPS) is 9.88. The molecular weight excluding hydrogens is 336 g/mol. The number of aromatic nitrogens is 2. The minimum absolute atomic E-state index is 0.00871. The molecule has 0 aliphatic rings. The maximum absolute atomic E-state index is 12.0. The van der Waals surface area contributed by atoms with Gasteiger partial charge in [-0.3, -0.25) is 25.8 Å². The van der Waals surface area contributed by atoms with Crippen LogP contribution in [0.3, 0.4) is 0 Å². The molecular formula is C14H13ClN6O3. The van der Waals surface area contributed by atoms with Gasteiger partial charge in [0, 0.05) is 17.1 Å². The molecule has 24 heavy (non-hydrogen) atoms. The Kier molecular flexibility index (Phi) is 5.63. The topological polar surface area (TPSA) is 122 Å². The third kappa shape index (κ3) is 4.17. The third-order valence-corrected chi connectivity index (χ3v) is 3.04. The summed E-state index contributed by atoms with van der Waals surface area (Å²) in [5.74, 6) is -0.669. The molecule has 0 fully saturated rings. The van der Waals surface area contributed by atoms with Gasteiger partial charge < -0.3 is 5.32 Å². The van der Waals surface area contributed by atoms with Crippen LogP contribution in [-0.2, 0) is 0 Å². The number of hydrazine groups is 1. The molecule has 1 heterocycles. The van der Waals surface area contributed by atoms with Crippen LogP contribution in [0.5, 0.6) is 0 Å². The van der Waals surface area contributed by atoms with Crippen LogP contribution in [0.4, 0.5) is 17.3 Å². The number of nitrogens with zero attached hydrogens (tertiary/aromatic N) is 3. The largest absolute Gasteiger partial charge is 0.361 e. The van der Waals surface area contributed by atoms with Crippen molar-refractivity contribution in [3.05, 3.63) is 63.9 Å². The average molecular weight is 349 g/mol. The summed E-state index contributed by atoms with van der Waals surface area (Å²) in [6.45, 7) is 3.80. The van der Waals surface area contributed by atoms with Gasteiger partial charge in [-0.15, -0.1) is 6.58 Å². The number of anilines is 2. The van der Waals surface area contributed by atoms with Crippen LogP contribution in [0.1, 0.15) is 10.4 Å². The van der Waals surface area contributed by atoms with Gasteiger partial charge in [0.1, 0.15) is 6.33 Å². The van der Waals surface area contributed by atoms with Crippen molar-refractivity contribution in [1.82, 2.24) is 15.4 Å². The van der Waals surface area contributed by atoms with Crippen molar-refractivity contribution >= 4 is 34.8 Å². The van der Waals surface area contributed by atoms with Gasteiger partial charge >= 0.3 is 5.69 Å². The molecule has 10 heteroatoms. The molecule has 0 aliphatic carbocycles. The maximum atomic E-state index is 12.0. The van der Waals surface area contributed by atoms with E-state index in [1.165, 1.54) is 12.1 Å². The second-order valence-electron chi connectivity index (χ2n) is 4.44. The lowest BCUT2D eigenvalue weighted by molar-refractivity contribution is -0.383. The van der Waals surface area contributed by atoms with Crippen LogP contribution in [0.25, 0.3) is 0 Å². The summed E-state index contributed by atoms with van der Waals surface area (Å²) in [5, 5.41) is 14.4. The third-order valence-electron chi connectivity index (χ3n) is 2.80. The van der Waals surface area contributed by atoms with Crippen molar-refractivity contribution in [2.24, 2.45) is 0 Å². The highest BCUT2D eigenvalue weighted by atomic mass is 35.5. The van der Waals surface area contributed by atoms with E-state index in [0.29, 0.717) is 5.02 Å². The number of hydrogen-bond acceptors (Lipinski definition) is 7. The predicted octanol–water partition coefficient (Wildman–Crippen LogP) is 2.39. The Bertz CT molecular complexity index is 783. The van der Waals surface area contributed by atoms with E-state index in [2.05, 4.69) is 32.7 Å². The van der Waals surface area contributed by atoms with Crippen LogP contribution in [0.15, 0.2) is 43.2 Å². The summed E-state index contributed by atoms with van der Waals surface area (Å²) in [6, 6.07) is 6.25. The summed E-state index contributed by atoms with van der Waals surface area (Å²) >= 11 is 5.82. The van der Waals surface area contributed by atoms with Crippen molar-refractivity contribution in [3.63, 3.8) is 0 Å². The Morgan fingerprint density at radius 1 is 1.38 bits per heavy atom. The molecule has 1 aromatic carbocycles. The molecule has 2 rings (SSSR count). The minimum atomic E-state index is -0.653. The van der Waals surface area contributed by atoms with Gasteiger partial charge in [0.2, 0.25) is 11.6 Å². The first-order valence-corrected chi connectivity index (χ1v) is 7.06. The molecule has 0 radical (unpaired) electrons. The smallest absolute Gasteiger partial charge is 0.354 e. The van der Waals surface area contributed by atoms with E-state index in [1.807, 2.05) is 0 Å². The fourth-order valence-electron chi connectivity index (χ4n) is 1.76. The average Bonchev–Trinajstić information content (AvgIpc) is 2.57. The van der Waals surface area contributed by atoms with Crippen molar-refractivity contribution in [2.45, 2.75) is 0 Å². The molecule has 0 unspecified atom stereocenters. The van der Waals surface area contributed by atoms with Gasteiger partial charge in [-0.1, -0.05) is 23.7 Å². The molecule has 2 aromatic rings. The van der Waals surface area contributed by atoms with E-state index in [0.717, 1.165) is 6.33 Å². The number of nitrogens with one attached hydrogen (secondary N) is 3. The Morgan fingerprint density at radius 2 is 2.12 bits per heavy atom. The van der Waals surface area contributed by atoms with Crippen LogP contribution in [0, 0.1) is 10.1 Å². The van der Waals surface area contributed by atoms with Crippen LogP contribution in [0.2, 0.25) is 5.02 Å². The summed E-state index contributed by atoms with van der Waals surface area (Å²) in [5.41, 5.74) is 4.65. The lowest BCUT2D eigenvalue weighted by Crippen LogP contribution is -2.30.